The van der Waals surface area contributed by atoms with Gasteiger partial charge in [-0.25, -0.2) is 10.4 Å². The number of carbonyl (C=O) groups is 1. The van der Waals surface area contributed by atoms with Gasteiger partial charge in [0.1, 0.15) is 0 Å². The van der Waals surface area contributed by atoms with Gasteiger partial charge in [0, 0.05) is 0 Å². The number of hydrogen-bond donors (Lipinski definition) is 1. The number of nitrogens with one attached hydrogen (secondary N) is 1. The van der Waals surface area contributed by atoms with E-state index >= 15 is 0 Å². The van der Waals surface area contributed by atoms with Crippen LogP contribution in [0.5, 0.6) is 17.4 Å². The number of aromatic nitrogens is 2. The van der Waals surface area contributed by atoms with Crippen LogP contribution in [-0.2, 0) is 11.2 Å². The van der Waals surface area contributed by atoms with Crippen LogP contribution in [0.4, 0.5) is 4.39 Å². The molecule has 0 unspecified atom stereocenters. The maximum Gasteiger partial charge on any atom is 0.260 e. The van der Waals surface area contributed by atoms with Crippen LogP contribution < -0.4 is 14.9 Å². The fourth-order valence-electron chi connectivity index (χ4n) is 3.20. The first-order valence-electron chi connectivity index (χ1n) is 9.86. The Morgan fingerprint density at radius 1 is 1.15 bits per heavy atom. The Morgan fingerprint density at radius 2 is 1.97 bits per heavy atom. The molecule has 0 fully saturated rings. The standard InChI is InChI=1S/C24H18ClFN4O3/c1-32-20-10-9-15(11-21(20)33-23-19(26)14-27-24(25)29-23)13-28-30-22(31)12-17-7-4-6-16-5-2-3-8-18(16)17/h2-11,13-14H,12H2,1H3,(H,30,31). The van der Waals surface area contributed by atoms with Crippen LogP contribution in [0.1, 0.15) is 11.1 Å². The van der Waals surface area contributed by atoms with Crippen molar-refractivity contribution in [2.24, 2.45) is 5.10 Å². The van der Waals surface area contributed by atoms with E-state index in [1.807, 2.05) is 42.5 Å². The summed E-state index contributed by atoms with van der Waals surface area (Å²) in [4.78, 5) is 19.7. The number of nitrogens with zero attached hydrogens (tertiary/aromatic N) is 3. The molecule has 1 amide bonds. The maximum absolute atomic E-state index is 13.9. The van der Waals surface area contributed by atoms with Gasteiger partial charge in [0.05, 0.1) is 25.9 Å². The quantitative estimate of drug-likeness (QED) is 0.238. The molecule has 0 bridgehead atoms. The van der Waals surface area contributed by atoms with Crippen LogP contribution in [0, 0.1) is 5.82 Å². The molecule has 1 heterocycles. The second-order valence-corrected chi connectivity index (χ2v) is 7.25. The number of ether oxygens (including phenoxy) is 2. The third-order valence-electron chi connectivity index (χ3n) is 4.71. The third-order valence-corrected chi connectivity index (χ3v) is 4.89. The molecule has 3 aromatic carbocycles. The lowest BCUT2D eigenvalue weighted by Crippen LogP contribution is -2.19. The summed E-state index contributed by atoms with van der Waals surface area (Å²) in [7, 11) is 1.45. The predicted octanol–water partition coefficient (Wildman–Crippen LogP) is 4.92. The zero-order valence-corrected chi connectivity index (χ0v) is 18.2. The van der Waals surface area contributed by atoms with Gasteiger partial charge in [-0.1, -0.05) is 42.5 Å². The number of amides is 1. The highest BCUT2D eigenvalue weighted by Crippen LogP contribution is 2.32. The highest BCUT2D eigenvalue weighted by Gasteiger charge is 2.13. The van der Waals surface area contributed by atoms with Crippen molar-refractivity contribution in [1.82, 2.24) is 15.4 Å². The number of fused-ring (bicyclic) bond motifs is 1. The van der Waals surface area contributed by atoms with Crippen LogP contribution in [0.15, 0.2) is 72.0 Å². The largest absolute Gasteiger partial charge is 0.493 e. The fraction of sp³-hybridized carbons (Fsp3) is 0.0833. The average Bonchev–Trinajstić information content (AvgIpc) is 2.82. The second kappa shape index (κ2) is 10.1. The summed E-state index contributed by atoms with van der Waals surface area (Å²) in [5.41, 5.74) is 4.01. The normalized spacial score (nSPS) is 11.0. The van der Waals surface area contributed by atoms with Crippen molar-refractivity contribution in [3.8, 4) is 17.4 Å². The Kier molecular flexibility index (Phi) is 6.75. The van der Waals surface area contributed by atoms with Crippen LogP contribution in [0.25, 0.3) is 10.8 Å². The topological polar surface area (TPSA) is 85.7 Å². The number of halogens is 2. The minimum absolute atomic E-state index is 0.156. The molecule has 1 N–H and O–H groups in total. The molecule has 0 spiro atoms. The van der Waals surface area contributed by atoms with Gasteiger partial charge in [0.15, 0.2) is 11.5 Å². The molecule has 9 heteroatoms. The molecule has 0 atom stereocenters. The van der Waals surface area contributed by atoms with E-state index in [1.54, 1.807) is 18.2 Å². The van der Waals surface area contributed by atoms with Gasteiger partial charge in [0.25, 0.3) is 5.88 Å². The van der Waals surface area contributed by atoms with Gasteiger partial charge >= 0.3 is 0 Å². The molecule has 33 heavy (non-hydrogen) atoms. The molecule has 4 rings (SSSR count). The molecule has 0 saturated heterocycles. The van der Waals surface area contributed by atoms with Gasteiger partial charge in [0.2, 0.25) is 17.0 Å². The molecule has 0 aliphatic heterocycles. The van der Waals surface area contributed by atoms with Gasteiger partial charge in [-0.3, -0.25) is 4.79 Å². The molecule has 7 nitrogen and oxygen atoms in total. The van der Waals surface area contributed by atoms with Gasteiger partial charge in [-0.2, -0.15) is 14.5 Å². The van der Waals surface area contributed by atoms with Crippen molar-refractivity contribution in [2.75, 3.05) is 7.11 Å². The van der Waals surface area contributed by atoms with Gasteiger partial charge < -0.3 is 9.47 Å². The fourth-order valence-corrected chi connectivity index (χ4v) is 3.32. The minimum atomic E-state index is -0.777. The molecule has 166 valence electrons. The van der Waals surface area contributed by atoms with Crippen molar-refractivity contribution < 1.29 is 18.7 Å². The lowest BCUT2D eigenvalue weighted by molar-refractivity contribution is -0.120. The van der Waals surface area contributed by atoms with E-state index in [0.717, 1.165) is 22.5 Å². The first kappa shape index (κ1) is 22.2. The number of methoxy groups -OCH3 is 1. The first-order valence-corrected chi connectivity index (χ1v) is 10.2. The molecule has 4 aromatic rings. The van der Waals surface area contributed by atoms with Crippen LogP contribution in [0.2, 0.25) is 5.28 Å². The summed E-state index contributed by atoms with van der Waals surface area (Å²) in [6, 6.07) is 18.6. The van der Waals surface area contributed by atoms with Crippen LogP contribution >= 0.6 is 11.6 Å². The summed E-state index contributed by atoms with van der Waals surface area (Å²) in [6.07, 6.45) is 2.54. The van der Waals surface area contributed by atoms with E-state index in [-0.39, 0.29) is 29.2 Å². The Balaban J connectivity index is 1.46. The third kappa shape index (κ3) is 5.42. The predicted molar refractivity (Wildman–Crippen MR) is 123 cm³/mol. The van der Waals surface area contributed by atoms with Crippen LogP contribution in [-0.4, -0.2) is 29.2 Å². The summed E-state index contributed by atoms with van der Waals surface area (Å²) in [6.45, 7) is 0. The van der Waals surface area contributed by atoms with E-state index < -0.39 is 5.82 Å². The number of benzene rings is 3. The Hall–Kier alpha value is -4.04. The lowest BCUT2D eigenvalue weighted by atomic mass is 10.0. The molecule has 0 saturated carbocycles. The minimum Gasteiger partial charge on any atom is -0.493 e. The van der Waals surface area contributed by atoms with Crippen molar-refractivity contribution in [2.45, 2.75) is 6.42 Å². The van der Waals surface area contributed by atoms with Crippen molar-refractivity contribution >= 4 is 34.5 Å². The second-order valence-electron chi connectivity index (χ2n) is 6.91. The van der Waals surface area contributed by atoms with Crippen molar-refractivity contribution in [3.05, 3.63) is 89.1 Å². The SMILES string of the molecule is COc1ccc(C=NNC(=O)Cc2cccc3ccccc23)cc1Oc1nc(Cl)ncc1F. The molecular weight excluding hydrogens is 447 g/mol. The molecular formula is C24H18ClFN4O3. The van der Waals surface area contributed by atoms with Crippen molar-refractivity contribution in [1.29, 1.82) is 0 Å². The Labute approximate surface area is 193 Å². The molecule has 0 aliphatic rings. The van der Waals surface area contributed by atoms with Crippen LogP contribution in [0.3, 0.4) is 0 Å². The zero-order chi connectivity index (χ0) is 23.2. The first-order chi connectivity index (χ1) is 16.0. The smallest absolute Gasteiger partial charge is 0.260 e. The number of carbonyl (C=O) groups excluding carboxylic acids is 1. The molecule has 1 aromatic heterocycles. The Bertz CT molecular complexity index is 1340. The summed E-state index contributed by atoms with van der Waals surface area (Å²) in [5, 5.41) is 5.95. The molecule has 0 radical (unpaired) electrons. The highest BCUT2D eigenvalue weighted by atomic mass is 35.5. The van der Waals surface area contributed by atoms with E-state index in [4.69, 9.17) is 21.1 Å². The van der Waals surface area contributed by atoms with E-state index in [9.17, 15) is 9.18 Å². The number of rotatable bonds is 7. The lowest BCUT2D eigenvalue weighted by Gasteiger charge is -2.10. The number of hydrogen-bond acceptors (Lipinski definition) is 6. The summed E-state index contributed by atoms with van der Waals surface area (Å²) in [5.74, 6) is -0.837. The summed E-state index contributed by atoms with van der Waals surface area (Å²) >= 11 is 5.71. The van der Waals surface area contributed by atoms with E-state index in [1.165, 1.54) is 13.3 Å². The number of hydrazone groups is 1. The average molecular weight is 465 g/mol. The molecule has 0 aliphatic carbocycles. The van der Waals surface area contributed by atoms with E-state index in [0.29, 0.717) is 11.3 Å². The Morgan fingerprint density at radius 3 is 2.82 bits per heavy atom. The van der Waals surface area contributed by atoms with Crippen molar-refractivity contribution in [3.63, 3.8) is 0 Å². The highest BCUT2D eigenvalue weighted by molar-refractivity contribution is 6.28. The monoisotopic (exact) mass is 464 g/mol. The van der Waals surface area contributed by atoms with Gasteiger partial charge in [-0.15, -0.1) is 0 Å². The van der Waals surface area contributed by atoms with Gasteiger partial charge in [-0.05, 0) is 51.7 Å². The summed E-state index contributed by atoms with van der Waals surface area (Å²) < 4.78 is 24.7. The maximum atomic E-state index is 13.9. The van der Waals surface area contributed by atoms with E-state index in [2.05, 4.69) is 20.5 Å². The zero-order valence-electron chi connectivity index (χ0n) is 17.5.